The summed E-state index contributed by atoms with van der Waals surface area (Å²) >= 11 is 6.22. The van der Waals surface area contributed by atoms with Crippen molar-refractivity contribution in [2.75, 3.05) is 6.35 Å². The Hall–Kier alpha value is -1.85. The molecule has 0 aliphatic rings. The number of benzene rings is 2. The van der Waals surface area contributed by atoms with Gasteiger partial charge >= 0.3 is 7.60 Å². The molecule has 0 saturated carbocycles. The van der Waals surface area contributed by atoms with Crippen LogP contribution in [0.2, 0.25) is 5.02 Å². The van der Waals surface area contributed by atoms with Crippen molar-refractivity contribution in [2.45, 2.75) is 26.7 Å². The fourth-order valence-electron chi connectivity index (χ4n) is 2.54. The van der Waals surface area contributed by atoms with Gasteiger partial charge < -0.3 is 19.6 Å². The Balaban J connectivity index is 2.38. The number of aromatic hydroxyl groups is 1. The van der Waals surface area contributed by atoms with Crippen molar-refractivity contribution in [3.05, 3.63) is 57.6 Å². The van der Waals surface area contributed by atoms with Gasteiger partial charge in [0.15, 0.2) is 12.1 Å². The summed E-state index contributed by atoms with van der Waals surface area (Å²) in [6, 6.07) is 7.48. The van der Waals surface area contributed by atoms with E-state index in [0.29, 0.717) is 16.7 Å². The highest BCUT2D eigenvalue weighted by Gasteiger charge is 2.20. The maximum Gasteiger partial charge on any atom is 0.362 e. The molecular weight excluding hydrogens is 379 g/mol. The summed E-state index contributed by atoms with van der Waals surface area (Å²) in [6.07, 6.45) is -0.772. The number of hydrogen-bond acceptors (Lipinski definition) is 4. The lowest BCUT2D eigenvalue weighted by molar-refractivity contribution is 0.103. The Morgan fingerprint density at radius 2 is 1.88 bits per heavy atom. The number of carbonyl (C=O) groups excluding carboxylic acids is 1. The van der Waals surface area contributed by atoms with Crippen LogP contribution >= 0.6 is 19.2 Å². The highest BCUT2D eigenvalue weighted by Crippen LogP contribution is 2.36. The van der Waals surface area contributed by atoms with E-state index < -0.39 is 13.9 Å². The van der Waals surface area contributed by atoms with Crippen LogP contribution in [0.15, 0.2) is 30.3 Å². The van der Waals surface area contributed by atoms with Crippen LogP contribution in [0, 0.1) is 6.92 Å². The number of ether oxygens (including phenoxy) is 1. The molecule has 0 heterocycles. The topological polar surface area (TPSA) is 104 Å². The van der Waals surface area contributed by atoms with E-state index in [2.05, 4.69) is 0 Å². The van der Waals surface area contributed by atoms with Crippen LogP contribution in [0.5, 0.6) is 11.5 Å². The molecule has 0 bridgehead atoms. The number of carbonyl (C=O) groups is 1. The standard InChI is InChI=1S/C18H20ClO6P/c1-10(2)14-7-12(4-5-16(14)20)18(21)17-11(3)6-13(8-15(17)19)25-9-26(22,23)24/h4-8,10,20H,9H2,1-3H3,(H2,22,23,24). The highest BCUT2D eigenvalue weighted by molar-refractivity contribution is 7.51. The zero-order valence-corrected chi connectivity index (χ0v) is 16.2. The molecule has 0 amide bonds. The molecule has 0 atom stereocenters. The Labute approximate surface area is 156 Å². The molecule has 2 rings (SSSR count). The van der Waals surface area contributed by atoms with E-state index in [1.54, 1.807) is 13.0 Å². The molecule has 2 aromatic carbocycles. The minimum absolute atomic E-state index is 0.0442. The average molecular weight is 399 g/mol. The normalized spacial score (nSPS) is 11.7. The quantitative estimate of drug-likeness (QED) is 0.497. The number of halogens is 1. The molecule has 0 radical (unpaired) electrons. The summed E-state index contributed by atoms with van der Waals surface area (Å²) in [4.78, 5) is 30.6. The van der Waals surface area contributed by atoms with Crippen molar-refractivity contribution >= 4 is 25.0 Å². The van der Waals surface area contributed by atoms with E-state index in [9.17, 15) is 14.5 Å². The Kier molecular flexibility index (Phi) is 6.14. The van der Waals surface area contributed by atoms with Crippen LogP contribution < -0.4 is 4.74 Å². The van der Waals surface area contributed by atoms with Gasteiger partial charge in [0.2, 0.25) is 0 Å². The molecule has 26 heavy (non-hydrogen) atoms. The first kappa shape index (κ1) is 20.5. The number of ketones is 1. The number of hydrogen-bond donors (Lipinski definition) is 3. The molecule has 0 unspecified atom stereocenters. The fraction of sp³-hybridized carbons (Fsp3) is 0.278. The first-order chi connectivity index (χ1) is 12.0. The van der Waals surface area contributed by atoms with Crippen molar-refractivity contribution < 1.29 is 29.0 Å². The first-order valence-electron chi connectivity index (χ1n) is 7.84. The smallest absolute Gasteiger partial charge is 0.362 e. The van der Waals surface area contributed by atoms with Crippen molar-refractivity contribution in [1.82, 2.24) is 0 Å². The second-order valence-electron chi connectivity index (χ2n) is 6.29. The highest BCUT2D eigenvalue weighted by atomic mass is 35.5. The van der Waals surface area contributed by atoms with Crippen molar-refractivity contribution in [3.63, 3.8) is 0 Å². The van der Waals surface area contributed by atoms with Gasteiger partial charge in [-0.1, -0.05) is 25.4 Å². The summed E-state index contributed by atoms with van der Waals surface area (Å²) < 4.78 is 16.0. The van der Waals surface area contributed by atoms with Gasteiger partial charge in [0.05, 0.1) is 5.02 Å². The van der Waals surface area contributed by atoms with Crippen LogP contribution in [-0.4, -0.2) is 27.0 Å². The lowest BCUT2D eigenvalue weighted by Gasteiger charge is -2.14. The average Bonchev–Trinajstić information content (AvgIpc) is 2.51. The third kappa shape index (κ3) is 4.86. The first-order valence-corrected chi connectivity index (χ1v) is 10.0. The Morgan fingerprint density at radius 3 is 2.42 bits per heavy atom. The summed E-state index contributed by atoms with van der Waals surface area (Å²) in [5, 5.41) is 10.0. The Morgan fingerprint density at radius 1 is 1.23 bits per heavy atom. The summed E-state index contributed by atoms with van der Waals surface area (Å²) in [7, 11) is -4.32. The number of phenols is 1. The Bertz CT molecular complexity index is 864. The summed E-state index contributed by atoms with van der Waals surface area (Å²) in [5.74, 6) is 0.0280. The third-order valence-electron chi connectivity index (χ3n) is 3.80. The molecule has 3 N–H and O–H groups in total. The van der Waals surface area contributed by atoms with Gasteiger partial charge in [-0.15, -0.1) is 0 Å². The molecule has 0 aliphatic heterocycles. The van der Waals surface area contributed by atoms with E-state index in [-0.39, 0.29) is 33.8 Å². The van der Waals surface area contributed by atoms with Crippen LogP contribution in [0.25, 0.3) is 0 Å². The van der Waals surface area contributed by atoms with Gasteiger partial charge in [-0.3, -0.25) is 9.36 Å². The largest absolute Gasteiger partial charge is 0.508 e. The van der Waals surface area contributed by atoms with E-state index in [4.69, 9.17) is 26.1 Å². The van der Waals surface area contributed by atoms with Gasteiger partial charge in [-0.25, -0.2) is 0 Å². The molecule has 0 fully saturated rings. The van der Waals surface area contributed by atoms with Crippen molar-refractivity contribution in [3.8, 4) is 11.5 Å². The monoisotopic (exact) mass is 398 g/mol. The minimum atomic E-state index is -4.32. The second kappa shape index (κ2) is 7.80. The predicted octanol–water partition coefficient (Wildman–Crippen LogP) is 4.22. The van der Waals surface area contributed by atoms with E-state index in [1.165, 1.54) is 24.3 Å². The van der Waals surface area contributed by atoms with Gasteiger partial charge in [0.25, 0.3) is 0 Å². The molecular formula is C18H20ClO6P. The molecule has 140 valence electrons. The van der Waals surface area contributed by atoms with E-state index >= 15 is 0 Å². The molecule has 0 aromatic heterocycles. The zero-order chi connectivity index (χ0) is 19.6. The second-order valence-corrected chi connectivity index (χ2v) is 8.29. The lowest BCUT2D eigenvalue weighted by Crippen LogP contribution is -2.07. The minimum Gasteiger partial charge on any atom is -0.508 e. The van der Waals surface area contributed by atoms with Crippen LogP contribution in [0.4, 0.5) is 0 Å². The zero-order valence-electron chi connectivity index (χ0n) is 14.6. The van der Waals surface area contributed by atoms with Crippen LogP contribution in [-0.2, 0) is 4.57 Å². The molecule has 8 heteroatoms. The van der Waals surface area contributed by atoms with Gasteiger partial charge in [-0.2, -0.15) is 0 Å². The maximum absolute atomic E-state index is 12.9. The number of rotatable bonds is 6. The third-order valence-corrected chi connectivity index (χ3v) is 4.56. The SMILES string of the molecule is Cc1cc(OCP(=O)(O)O)cc(Cl)c1C(=O)c1ccc(O)c(C(C)C)c1. The summed E-state index contributed by atoms with van der Waals surface area (Å²) in [6.45, 7) is 5.48. The van der Waals surface area contributed by atoms with Gasteiger partial charge in [-0.05, 0) is 54.3 Å². The van der Waals surface area contributed by atoms with Crippen molar-refractivity contribution in [2.24, 2.45) is 0 Å². The van der Waals surface area contributed by atoms with Crippen LogP contribution in [0.3, 0.4) is 0 Å². The molecule has 0 saturated heterocycles. The van der Waals surface area contributed by atoms with Crippen molar-refractivity contribution in [1.29, 1.82) is 0 Å². The molecule has 2 aromatic rings. The number of aryl methyl sites for hydroxylation is 1. The molecule has 0 aliphatic carbocycles. The van der Waals surface area contributed by atoms with E-state index in [1.807, 2.05) is 13.8 Å². The number of phenolic OH excluding ortho intramolecular Hbond substituents is 1. The van der Waals surface area contributed by atoms with Gasteiger partial charge in [0, 0.05) is 11.1 Å². The molecule has 0 spiro atoms. The maximum atomic E-state index is 12.9. The summed E-state index contributed by atoms with van der Waals surface area (Å²) in [5.41, 5.74) is 1.84. The molecule has 6 nitrogen and oxygen atoms in total. The van der Waals surface area contributed by atoms with E-state index in [0.717, 1.165) is 0 Å². The van der Waals surface area contributed by atoms with Gasteiger partial charge in [0.1, 0.15) is 11.5 Å². The fourth-order valence-corrected chi connectivity index (χ4v) is 3.20. The lowest BCUT2D eigenvalue weighted by atomic mass is 9.94. The predicted molar refractivity (Wildman–Crippen MR) is 99.4 cm³/mol. The van der Waals surface area contributed by atoms with Crippen LogP contribution in [0.1, 0.15) is 46.8 Å².